The van der Waals surface area contributed by atoms with E-state index in [1.165, 1.54) is 0 Å². The van der Waals surface area contributed by atoms with E-state index in [0.29, 0.717) is 22.3 Å². The standard InChI is InChI=1S/C12H12BrN5O2/c1-2-20-12(19)7-3-4-9(8(13)5-7)17-18-10(6-14)11(15)16/h3-5,17H,2H2,1H3,(H3,15,16)/b18-10+. The summed E-state index contributed by atoms with van der Waals surface area (Å²) in [7, 11) is 0. The number of anilines is 1. The first-order valence-electron chi connectivity index (χ1n) is 5.54. The summed E-state index contributed by atoms with van der Waals surface area (Å²) in [6, 6.07) is 6.40. The average Bonchev–Trinajstić information content (AvgIpc) is 2.40. The highest BCUT2D eigenvalue weighted by Crippen LogP contribution is 2.24. The van der Waals surface area contributed by atoms with Crippen molar-refractivity contribution < 1.29 is 9.53 Å². The maximum atomic E-state index is 11.5. The number of ether oxygens (including phenoxy) is 1. The number of rotatable bonds is 5. The van der Waals surface area contributed by atoms with Crippen LogP contribution < -0.4 is 11.2 Å². The lowest BCUT2D eigenvalue weighted by Gasteiger charge is -2.06. The van der Waals surface area contributed by atoms with Gasteiger partial charge in [-0.05, 0) is 41.1 Å². The highest BCUT2D eigenvalue weighted by molar-refractivity contribution is 9.10. The predicted octanol–water partition coefficient (Wildman–Crippen LogP) is 1.85. The number of hydrogen-bond donors (Lipinski definition) is 3. The van der Waals surface area contributed by atoms with Crippen molar-refractivity contribution in [2.75, 3.05) is 12.0 Å². The van der Waals surface area contributed by atoms with Crippen LogP contribution in [0.1, 0.15) is 17.3 Å². The molecule has 0 unspecified atom stereocenters. The molecular formula is C12H12BrN5O2. The molecule has 0 radical (unpaired) electrons. The summed E-state index contributed by atoms with van der Waals surface area (Å²) in [6.07, 6.45) is 0. The maximum Gasteiger partial charge on any atom is 0.338 e. The molecule has 1 rings (SSSR count). The van der Waals surface area contributed by atoms with E-state index in [0.717, 1.165) is 0 Å². The summed E-state index contributed by atoms with van der Waals surface area (Å²) in [5.74, 6) is -0.857. The lowest BCUT2D eigenvalue weighted by atomic mass is 10.2. The monoisotopic (exact) mass is 337 g/mol. The number of esters is 1. The molecule has 0 heterocycles. The van der Waals surface area contributed by atoms with E-state index in [2.05, 4.69) is 26.5 Å². The molecule has 0 amide bonds. The Bertz CT molecular complexity index is 606. The Morgan fingerprint density at radius 1 is 1.65 bits per heavy atom. The molecule has 20 heavy (non-hydrogen) atoms. The molecule has 4 N–H and O–H groups in total. The van der Waals surface area contributed by atoms with E-state index < -0.39 is 11.8 Å². The van der Waals surface area contributed by atoms with Gasteiger partial charge in [0.15, 0.2) is 5.84 Å². The summed E-state index contributed by atoms with van der Waals surface area (Å²) in [4.78, 5) is 11.5. The van der Waals surface area contributed by atoms with E-state index in [9.17, 15) is 4.79 Å². The first kappa shape index (κ1) is 15.7. The van der Waals surface area contributed by atoms with Gasteiger partial charge >= 0.3 is 5.97 Å². The fraction of sp³-hybridized carbons (Fsp3) is 0.167. The van der Waals surface area contributed by atoms with Crippen LogP contribution in [0.25, 0.3) is 0 Å². The Labute approximate surface area is 124 Å². The first-order valence-corrected chi connectivity index (χ1v) is 6.33. The summed E-state index contributed by atoms with van der Waals surface area (Å²) in [6.45, 7) is 2.02. The van der Waals surface area contributed by atoms with E-state index >= 15 is 0 Å². The Kier molecular flexibility index (Phi) is 5.68. The molecule has 0 spiro atoms. The van der Waals surface area contributed by atoms with Crippen LogP contribution in [0, 0.1) is 16.7 Å². The molecular weight excluding hydrogens is 326 g/mol. The van der Waals surface area contributed by atoms with Crippen LogP contribution in [0.4, 0.5) is 5.69 Å². The number of carbonyl (C=O) groups is 1. The number of nitrogens with two attached hydrogens (primary N) is 1. The minimum absolute atomic E-state index is 0.230. The van der Waals surface area contributed by atoms with Gasteiger partial charge in [0.05, 0.1) is 17.9 Å². The number of halogens is 1. The fourth-order valence-electron chi connectivity index (χ4n) is 1.21. The van der Waals surface area contributed by atoms with Crippen molar-refractivity contribution >= 4 is 39.1 Å². The smallest absolute Gasteiger partial charge is 0.338 e. The van der Waals surface area contributed by atoms with E-state index in [1.807, 2.05) is 0 Å². The van der Waals surface area contributed by atoms with Crippen molar-refractivity contribution in [3.63, 3.8) is 0 Å². The Balaban J connectivity index is 2.92. The van der Waals surface area contributed by atoms with Crippen LogP contribution in [-0.2, 0) is 4.74 Å². The molecule has 0 aromatic heterocycles. The second kappa shape index (κ2) is 7.25. The van der Waals surface area contributed by atoms with Gasteiger partial charge in [-0.3, -0.25) is 10.8 Å². The van der Waals surface area contributed by atoms with Gasteiger partial charge in [0.1, 0.15) is 6.07 Å². The van der Waals surface area contributed by atoms with Crippen molar-refractivity contribution in [3.05, 3.63) is 28.2 Å². The maximum absolute atomic E-state index is 11.5. The molecule has 0 saturated heterocycles. The number of benzene rings is 1. The number of amidine groups is 1. The van der Waals surface area contributed by atoms with Gasteiger partial charge in [0.2, 0.25) is 5.71 Å². The lowest BCUT2D eigenvalue weighted by molar-refractivity contribution is 0.0526. The molecule has 0 aliphatic heterocycles. The molecule has 0 aliphatic carbocycles. The lowest BCUT2D eigenvalue weighted by Crippen LogP contribution is -2.21. The molecule has 1 aromatic rings. The zero-order valence-corrected chi connectivity index (χ0v) is 12.2. The molecule has 0 fully saturated rings. The third-order valence-electron chi connectivity index (χ3n) is 2.13. The number of hydrazone groups is 1. The van der Waals surface area contributed by atoms with E-state index in [1.54, 1.807) is 31.2 Å². The average molecular weight is 338 g/mol. The highest BCUT2D eigenvalue weighted by Gasteiger charge is 2.09. The second-order valence-corrected chi connectivity index (χ2v) is 4.37. The minimum Gasteiger partial charge on any atom is -0.462 e. The van der Waals surface area contributed by atoms with Crippen molar-refractivity contribution in [1.29, 1.82) is 10.7 Å². The molecule has 0 bridgehead atoms. The van der Waals surface area contributed by atoms with Crippen molar-refractivity contribution in [3.8, 4) is 6.07 Å². The van der Waals surface area contributed by atoms with Crippen LogP contribution in [-0.4, -0.2) is 24.1 Å². The third-order valence-corrected chi connectivity index (χ3v) is 2.79. The van der Waals surface area contributed by atoms with Crippen molar-refractivity contribution in [1.82, 2.24) is 0 Å². The van der Waals surface area contributed by atoms with Gasteiger partial charge in [-0.2, -0.15) is 10.4 Å². The zero-order chi connectivity index (χ0) is 15.1. The van der Waals surface area contributed by atoms with Gasteiger partial charge < -0.3 is 10.5 Å². The van der Waals surface area contributed by atoms with Gasteiger partial charge in [0.25, 0.3) is 0 Å². The molecule has 0 aliphatic rings. The molecule has 0 atom stereocenters. The van der Waals surface area contributed by atoms with Crippen LogP contribution in [0.15, 0.2) is 27.8 Å². The predicted molar refractivity (Wildman–Crippen MR) is 78.7 cm³/mol. The third kappa shape index (κ3) is 4.07. The van der Waals surface area contributed by atoms with Crippen molar-refractivity contribution in [2.24, 2.45) is 10.8 Å². The first-order chi connectivity index (χ1) is 9.49. The molecule has 1 aromatic carbocycles. The van der Waals surface area contributed by atoms with Gasteiger partial charge in [-0.15, -0.1) is 0 Å². The fourth-order valence-corrected chi connectivity index (χ4v) is 1.68. The number of nitrogens with one attached hydrogen (secondary N) is 2. The van der Waals surface area contributed by atoms with Crippen molar-refractivity contribution in [2.45, 2.75) is 6.92 Å². The Morgan fingerprint density at radius 3 is 2.85 bits per heavy atom. The van der Waals surface area contributed by atoms with Gasteiger partial charge in [0, 0.05) is 4.47 Å². The highest BCUT2D eigenvalue weighted by atomic mass is 79.9. The summed E-state index contributed by atoms with van der Waals surface area (Å²) >= 11 is 3.27. The normalized spacial score (nSPS) is 10.6. The molecule has 7 nitrogen and oxygen atoms in total. The number of carbonyl (C=O) groups excluding carboxylic acids is 1. The van der Waals surface area contributed by atoms with Crippen LogP contribution >= 0.6 is 15.9 Å². The summed E-state index contributed by atoms with van der Waals surface area (Å²) < 4.78 is 5.44. The van der Waals surface area contributed by atoms with E-state index in [4.69, 9.17) is 21.1 Å². The van der Waals surface area contributed by atoms with Crippen LogP contribution in [0.2, 0.25) is 0 Å². The Morgan fingerprint density at radius 2 is 2.35 bits per heavy atom. The molecule has 104 valence electrons. The van der Waals surface area contributed by atoms with Crippen LogP contribution in [0.5, 0.6) is 0 Å². The Hall–Kier alpha value is -2.40. The van der Waals surface area contributed by atoms with Crippen LogP contribution in [0.3, 0.4) is 0 Å². The molecule has 0 saturated carbocycles. The molecule has 8 heteroatoms. The zero-order valence-electron chi connectivity index (χ0n) is 10.6. The second-order valence-electron chi connectivity index (χ2n) is 3.51. The number of nitrogens with zero attached hydrogens (tertiary/aromatic N) is 2. The topological polar surface area (TPSA) is 124 Å². The van der Waals surface area contributed by atoms with Gasteiger partial charge in [-0.1, -0.05) is 0 Å². The largest absolute Gasteiger partial charge is 0.462 e. The SMILES string of the molecule is CCOC(=O)c1ccc(N/N=C(\C#N)C(=N)N)c(Br)c1. The quantitative estimate of drug-likeness (QED) is 0.327. The summed E-state index contributed by atoms with van der Waals surface area (Å²) in [5.41, 5.74) is 8.43. The van der Waals surface area contributed by atoms with Gasteiger partial charge in [-0.25, -0.2) is 4.79 Å². The van der Waals surface area contributed by atoms with E-state index in [-0.39, 0.29) is 5.71 Å². The summed E-state index contributed by atoms with van der Waals surface area (Å²) in [5, 5.41) is 19.5. The number of hydrogen-bond acceptors (Lipinski definition) is 6. The minimum atomic E-state index is -0.431. The number of nitriles is 1.